The summed E-state index contributed by atoms with van der Waals surface area (Å²) in [5.74, 6) is 0.516. The van der Waals surface area contributed by atoms with Crippen molar-refractivity contribution in [1.82, 2.24) is 29.0 Å². The fourth-order valence-corrected chi connectivity index (χ4v) is 5.62. The van der Waals surface area contributed by atoms with Gasteiger partial charge in [0.05, 0.1) is 22.5 Å². The summed E-state index contributed by atoms with van der Waals surface area (Å²) in [5, 5.41) is 15.4. The Balaban J connectivity index is 1.60. The molecule has 14 heteroatoms. The molecule has 0 saturated carbocycles. The molecule has 5 rings (SSSR count). The Kier molecular flexibility index (Phi) is 8.50. The molecule has 45 heavy (non-hydrogen) atoms. The quantitative estimate of drug-likeness (QED) is 0.184. The first kappa shape index (κ1) is 31.4. The minimum atomic E-state index is -0.627. The summed E-state index contributed by atoms with van der Waals surface area (Å²) in [6.45, 7) is 10.6. The maximum Gasteiger partial charge on any atom is 0.407 e. The van der Waals surface area contributed by atoms with Gasteiger partial charge in [-0.25, -0.2) is 9.59 Å². The number of amides is 1. The number of carbonyl (C=O) groups excluding carboxylic acids is 1. The first-order chi connectivity index (χ1) is 21.2. The number of piperidine rings is 1. The first-order valence-corrected chi connectivity index (χ1v) is 14.8. The number of fused-ring (bicyclic) bond motifs is 2. The molecule has 1 aliphatic rings. The zero-order valence-electron chi connectivity index (χ0n) is 26.4. The number of alkyl carbamates (subject to hydrolysis) is 1. The van der Waals surface area contributed by atoms with Crippen molar-refractivity contribution in [2.45, 2.75) is 72.2 Å². The molecule has 0 radical (unpaired) electrons. The number of rotatable bonds is 7. The van der Waals surface area contributed by atoms with Gasteiger partial charge in [0.15, 0.2) is 11.2 Å². The molecule has 0 spiro atoms. The van der Waals surface area contributed by atoms with Crippen LogP contribution >= 0.6 is 0 Å². The number of ether oxygens (including phenoxy) is 1. The predicted molar refractivity (Wildman–Crippen MR) is 171 cm³/mol. The van der Waals surface area contributed by atoms with Crippen LogP contribution in [0.25, 0.3) is 21.9 Å². The van der Waals surface area contributed by atoms with Crippen molar-refractivity contribution < 1.29 is 14.5 Å². The van der Waals surface area contributed by atoms with Crippen LogP contribution in [0.2, 0.25) is 0 Å². The number of nitrogens with zero attached hydrogens (tertiary/aromatic N) is 7. The number of pyridine rings is 1. The minimum absolute atomic E-state index is 0.0858. The smallest absolute Gasteiger partial charge is 0.407 e. The van der Waals surface area contributed by atoms with E-state index in [0.717, 1.165) is 23.0 Å². The lowest BCUT2D eigenvalue weighted by atomic mass is 10.1. The van der Waals surface area contributed by atoms with Crippen LogP contribution in [0.1, 0.15) is 53.2 Å². The molecule has 1 aromatic carbocycles. The van der Waals surface area contributed by atoms with Crippen molar-refractivity contribution in [3.63, 3.8) is 0 Å². The van der Waals surface area contributed by atoms with Crippen LogP contribution in [-0.4, -0.2) is 59.4 Å². The fourth-order valence-electron chi connectivity index (χ4n) is 5.62. The number of non-ortho nitro benzene ring substituents is 1. The van der Waals surface area contributed by atoms with Crippen LogP contribution in [0.15, 0.2) is 51.7 Å². The summed E-state index contributed by atoms with van der Waals surface area (Å²) in [5.41, 5.74) is 0.0435. The van der Waals surface area contributed by atoms with Gasteiger partial charge in [0.1, 0.15) is 5.60 Å². The van der Waals surface area contributed by atoms with E-state index in [1.54, 1.807) is 29.8 Å². The van der Waals surface area contributed by atoms with E-state index in [1.807, 2.05) is 45.6 Å². The van der Waals surface area contributed by atoms with Gasteiger partial charge in [0.2, 0.25) is 5.95 Å². The number of nitrogens with one attached hydrogen (secondary N) is 1. The monoisotopic (exact) mass is 618 g/mol. The molecule has 1 fully saturated rings. The number of aromatic nitrogens is 5. The lowest BCUT2D eigenvalue weighted by Gasteiger charge is -2.34. The van der Waals surface area contributed by atoms with Crippen LogP contribution < -0.4 is 21.5 Å². The van der Waals surface area contributed by atoms with Gasteiger partial charge in [-0.2, -0.15) is 4.98 Å². The van der Waals surface area contributed by atoms with E-state index >= 15 is 0 Å². The highest BCUT2D eigenvalue weighted by Gasteiger charge is 2.29. The van der Waals surface area contributed by atoms with E-state index in [-0.39, 0.29) is 29.4 Å². The number of aryl methyl sites for hydroxylation is 1. The van der Waals surface area contributed by atoms with Gasteiger partial charge in [-0.05, 0) is 53.5 Å². The van der Waals surface area contributed by atoms with Crippen LogP contribution in [0.4, 0.5) is 16.4 Å². The second-order valence-electron chi connectivity index (χ2n) is 12.5. The molecule has 1 N–H and O–H groups in total. The molecule has 4 heterocycles. The van der Waals surface area contributed by atoms with E-state index in [2.05, 4.69) is 10.3 Å². The van der Waals surface area contributed by atoms with Crippen LogP contribution in [0.3, 0.4) is 0 Å². The second kappa shape index (κ2) is 12.2. The Morgan fingerprint density at radius 2 is 1.93 bits per heavy atom. The van der Waals surface area contributed by atoms with Gasteiger partial charge >= 0.3 is 11.8 Å². The summed E-state index contributed by atoms with van der Waals surface area (Å²) in [6.07, 6.45) is 4.45. The van der Waals surface area contributed by atoms with Crippen LogP contribution in [-0.2, 0) is 24.9 Å². The Labute approximate surface area is 259 Å². The molecule has 1 amide bonds. The van der Waals surface area contributed by atoms with Crippen LogP contribution in [0, 0.1) is 10.1 Å². The molecule has 1 unspecified atom stereocenters. The third-order valence-electron chi connectivity index (χ3n) is 7.69. The third kappa shape index (κ3) is 6.44. The van der Waals surface area contributed by atoms with E-state index in [0.29, 0.717) is 42.0 Å². The van der Waals surface area contributed by atoms with E-state index in [9.17, 15) is 24.5 Å². The van der Waals surface area contributed by atoms with Crippen LogP contribution in [0.5, 0.6) is 0 Å². The second-order valence-corrected chi connectivity index (χ2v) is 12.5. The Bertz CT molecular complexity index is 1940. The minimum Gasteiger partial charge on any atom is -0.444 e. The Morgan fingerprint density at radius 1 is 1.18 bits per heavy atom. The number of benzene rings is 1. The number of nitro groups is 1. The average molecular weight is 619 g/mol. The molecular formula is C31H38N8O6. The maximum atomic E-state index is 14.2. The lowest BCUT2D eigenvalue weighted by Crippen LogP contribution is -2.49. The van der Waals surface area contributed by atoms with Crippen molar-refractivity contribution in [2.24, 2.45) is 7.05 Å². The summed E-state index contributed by atoms with van der Waals surface area (Å²) in [7, 11) is 1.56. The normalized spacial score (nSPS) is 15.3. The van der Waals surface area contributed by atoms with Crippen molar-refractivity contribution in [3.05, 3.63) is 78.8 Å². The lowest BCUT2D eigenvalue weighted by molar-refractivity contribution is -0.383. The molecule has 3 aromatic heterocycles. The van der Waals surface area contributed by atoms with Gasteiger partial charge in [0.25, 0.3) is 11.2 Å². The van der Waals surface area contributed by atoms with Gasteiger partial charge in [-0.3, -0.25) is 29.0 Å². The van der Waals surface area contributed by atoms with Crippen molar-refractivity contribution in [3.8, 4) is 0 Å². The summed E-state index contributed by atoms with van der Waals surface area (Å²) >= 11 is 0. The standard InChI is InChI=1S/C31H38N8O6/c1-19(2)13-16-37-25-26(34-28(37)36-15-8-9-20(17-36)33-29(41)45-31(3,4)5)35(6)30(42)38(27(25)40)18-23-21-10-7-11-24(39(43)44)22(21)12-14-32-23/h7,10-14,20H,8-9,15-18H2,1-6H3,(H,33,41). The Morgan fingerprint density at radius 3 is 2.62 bits per heavy atom. The number of carbonyl (C=O) groups is 1. The van der Waals surface area contributed by atoms with E-state index in [4.69, 9.17) is 9.72 Å². The molecule has 4 aromatic rings. The molecular weight excluding hydrogens is 580 g/mol. The van der Waals surface area contributed by atoms with Gasteiger partial charge in [-0.15, -0.1) is 0 Å². The molecule has 0 aliphatic carbocycles. The van der Waals surface area contributed by atoms with E-state index in [1.165, 1.54) is 16.8 Å². The summed E-state index contributed by atoms with van der Waals surface area (Å²) in [4.78, 5) is 62.7. The number of hydrogen-bond donors (Lipinski definition) is 1. The highest BCUT2D eigenvalue weighted by molar-refractivity contribution is 5.92. The molecule has 1 aliphatic heterocycles. The number of allylic oxidation sites excluding steroid dienone is 2. The predicted octanol–water partition coefficient (Wildman–Crippen LogP) is 3.86. The first-order valence-electron chi connectivity index (χ1n) is 14.8. The SMILES string of the molecule is CC(C)=CCn1c(N2CCCC(NC(=O)OC(C)(C)C)C2)nc2c1c(=O)n(Cc1nccc3c([N+](=O)[O-])cccc13)c(=O)n2C. The zero-order valence-corrected chi connectivity index (χ0v) is 26.4. The topological polar surface area (TPSA) is 159 Å². The third-order valence-corrected chi connectivity index (χ3v) is 7.69. The maximum absolute atomic E-state index is 14.2. The number of hydrogen-bond acceptors (Lipinski definition) is 9. The van der Waals surface area contributed by atoms with Gasteiger partial charge in [0, 0.05) is 50.4 Å². The highest BCUT2D eigenvalue weighted by Crippen LogP contribution is 2.27. The Hall–Kier alpha value is -5.01. The van der Waals surface area contributed by atoms with Crippen molar-refractivity contribution in [2.75, 3.05) is 18.0 Å². The zero-order chi connectivity index (χ0) is 32.6. The number of nitro benzene ring substituents is 1. The number of anilines is 1. The molecule has 0 bridgehead atoms. The molecule has 1 atom stereocenters. The molecule has 238 valence electrons. The van der Waals surface area contributed by atoms with E-state index < -0.39 is 27.9 Å². The molecule has 1 saturated heterocycles. The van der Waals surface area contributed by atoms with Gasteiger partial charge < -0.3 is 19.5 Å². The highest BCUT2D eigenvalue weighted by atomic mass is 16.6. The summed E-state index contributed by atoms with van der Waals surface area (Å²) < 4.78 is 9.69. The summed E-state index contributed by atoms with van der Waals surface area (Å²) in [6, 6.07) is 5.99. The number of imidazole rings is 1. The van der Waals surface area contributed by atoms with Crippen molar-refractivity contribution in [1.29, 1.82) is 0 Å². The average Bonchev–Trinajstić information content (AvgIpc) is 3.36. The van der Waals surface area contributed by atoms with Gasteiger partial charge in [-0.1, -0.05) is 23.8 Å². The fraction of sp³-hybridized carbons (Fsp3) is 0.452. The van der Waals surface area contributed by atoms with Crippen molar-refractivity contribution >= 4 is 39.7 Å². The molecule has 14 nitrogen and oxygen atoms in total. The largest absolute Gasteiger partial charge is 0.444 e.